The lowest BCUT2D eigenvalue weighted by Crippen LogP contribution is -2.68. The normalized spacial score (nSPS) is 27.1. The van der Waals surface area contributed by atoms with Crippen LogP contribution in [0, 0.1) is 0 Å². The molecule has 1 spiro atoms. The first-order chi connectivity index (χ1) is 32.6. The molecule has 0 radical (unpaired) electrons. The molecular formula is C55H58O11. The van der Waals surface area contributed by atoms with Crippen molar-refractivity contribution in [2.75, 3.05) is 20.3 Å². The van der Waals surface area contributed by atoms with Crippen LogP contribution in [0.1, 0.15) is 33.4 Å². The van der Waals surface area contributed by atoms with Crippen LogP contribution < -0.4 is 0 Å². The second-order valence-electron chi connectivity index (χ2n) is 16.7. The topological polar surface area (TPSA) is 102 Å². The minimum Gasteiger partial charge on any atom is -0.374 e. The maximum Gasteiger partial charge on any atom is 0.315 e. The van der Waals surface area contributed by atoms with Crippen LogP contribution >= 0.6 is 0 Å². The fourth-order valence-electron chi connectivity index (χ4n) is 8.69. The zero-order valence-electron chi connectivity index (χ0n) is 37.2. The quantitative estimate of drug-likeness (QED) is 0.0693. The molecule has 3 fully saturated rings. The third-order valence-corrected chi connectivity index (χ3v) is 12.0. The van der Waals surface area contributed by atoms with E-state index in [0.717, 1.165) is 33.4 Å². The molecule has 0 aliphatic carbocycles. The number of rotatable bonds is 21. The highest BCUT2D eigenvalue weighted by Gasteiger charge is 2.68. The highest BCUT2D eigenvalue weighted by atomic mass is 16.9. The Hall–Kier alpha value is -5.12. The summed E-state index contributed by atoms with van der Waals surface area (Å²) in [6, 6.07) is 60.0. The summed E-state index contributed by atoms with van der Waals surface area (Å²) < 4.78 is 75.2. The smallest absolute Gasteiger partial charge is 0.315 e. The van der Waals surface area contributed by atoms with Crippen molar-refractivity contribution < 1.29 is 52.1 Å². The lowest BCUT2D eigenvalue weighted by atomic mass is 9.96. The van der Waals surface area contributed by atoms with Gasteiger partial charge in [-0.05, 0) is 33.4 Å². The van der Waals surface area contributed by atoms with Crippen molar-refractivity contribution >= 4 is 0 Å². The summed E-state index contributed by atoms with van der Waals surface area (Å²) in [5, 5.41) is 0. The van der Waals surface area contributed by atoms with Crippen LogP contribution in [0.25, 0.3) is 0 Å². The van der Waals surface area contributed by atoms with Crippen LogP contribution in [-0.2, 0) is 91.7 Å². The van der Waals surface area contributed by atoms with Crippen molar-refractivity contribution in [3.05, 3.63) is 215 Å². The summed E-state index contributed by atoms with van der Waals surface area (Å²) in [5.74, 6) is -1.88. The Morgan fingerprint density at radius 3 is 1.18 bits per heavy atom. The van der Waals surface area contributed by atoms with Gasteiger partial charge >= 0.3 is 5.97 Å². The molecule has 0 saturated carbocycles. The molecule has 6 aromatic carbocycles. The van der Waals surface area contributed by atoms with Crippen molar-refractivity contribution in [1.29, 1.82) is 0 Å². The van der Waals surface area contributed by atoms with Crippen LogP contribution in [0.5, 0.6) is 0 Å². The SMILES string of the molecule is CO[C@H]1O[C@H](COCc2ccccc2)[C@@H]2OC3(O[C@@H]2[C@H]1OCc1ccccc1)O[C@H](COCc1ccccc1)[C@@H](OCc1ccccc1)[C@H](OCc1ccccc1)[C@@H]3OCc1ccccc1. The van der Waals surface area contributed by atoms with Crippen LogP contribution in [0.2, 0.25) is 0 Å². The van der Waals surface area contributed by atoms with Crippen molar-refractivity contribution in [2.24, 2.45) is 0 Å². The Bertz CT molecular complexity index is 2290. The molecule has 0 bridgehead atoms. The van der Waals surface area contributed by atoms with Crippen molar-refractivity contribution in [3.8, 4) is 0 Å². The van der Waals surface area contributed by atoms with Crippen LogP contribution in [0.15, 0.2) is 182 Å². The second kappa shape index (κ2) is 23.1. The molecule has 344 valence electrons. The van der Waals surface area contributed by atoms with Gasteiger partial charge in [-0.2, -0.15) is 0 Å². The van der Waals surface area contributed by atoms with E-state index in [0.29, 0.717) is 13.2 Å². The van der Waals surface area contributed by atoms with E-state index in [2.05, 4.69) is 0 Å². The van der Waals surface area contributed by atoms with Gasteiger partial charge in [0.25, 0.3) is 0 Å². The first kappa shape index (κ1) is 46.0. The van der Waals surface area contributed by atoms with E-state index >= 15 is 0 Å². The molecule has 3 aliphatic heterocycles. The highest BCUT2D eigenvalue weighted by molar-refractivity contribution is 5.18. The lowest BCUT2D eigenvalue weighted by molar-refractivity contribution is -0.449. The summed E-state index contributed by atoms with van der Waals surface area (Å²) in [5.41, 5.74) is 5.93. The second-order valence-corrected chi connectivity index (χ2v) is 16.7. The van der Waals surface area contributed by atoms with Gasteiger partial charge in [-0.1, -0.05) is 182 Å². The van der Waals surface area contributed by atoms with Gasteiger partial charge in [0.05, 0.1) is 52.9 Å². The molecule has 6 aromatic rings. The number of fused-ring (bicyclic) bond motifs is 1. The van der Waals surface area contributed by atoms with Gasteiger partial charge < -0.3 is 52.1 Å². The molecule has 11 heteroatoms. The minimum atomic E-state index is -1.88. The summed E-state index contributed by atoms with van der Waals surface area (Å²) in [7, 11) is 1.60. The summed E-state index contributed by atoms with van der Waals surface area (Å²) in [4.78, 5) is 0. The van der Waals surface area contributed by atoms with E-state index in [9.17, 15) is 0 Å². The first-order valence-electron chi connectivity index (χ1n) is 22.7. The first-order valence-corrected chi connectivity index (χ1v) is 22.7. The van der Waals surface area contributed by atoms with Crippen LogP contribution in [0.3, 0.4) is 0 Å². The largest absolute Gasteiger partial charge is 0.374 e. The molecule has 0 N–H and O–H groups in total. The Balaban J connectivity index is 1.10. The van der Waals surface area contributed by atoms with Gasteiger partial charge in [0, 0.05) is 7.11 Å². The van der Waals surface area contributed by atoms with Gasteiger partial charge in [0.15, 0.2) is 12.4 Å². The third-order valence-electron chi connectivity index (χ3n) is 12.0. The fourth-order valence-corrected chi connectivity index (χ4v) is 8.69. The zero-order chi connectivity index (χ0) is 44.8. The summed E-state index contributed by atoms with van der Waals surface area (Å²) in [6.07, 6.45) is -7.13. The van der Waals surface area contributed by atoms with Crippen molar-refractivity contribution in [1.82, 2.24) is 0 Å². The summed E-state index contributed by atoms with van der Waals surface area (Å²) >= 11 is 0. The molecular weight excluding hydrogens is 837 g/mol. The van der Waals surface area contributed by atoms with E-state index < -0.39 is 61.1 Å². The average molecular weight is 895 g/mol. The highest BCUT2D eigenvalue weighted by Crippen LogP contribution is 2.48. The maximum absolute atomic E-state index is 7.31. The third kappa shape index (κ3) is 11.7. The summed E-state index contributed by atoms with van der Waals surface area (Å²) in [6.45, 7) is 1.98. The average Bonchev–Trinajstić information content (AvgIpc) is 3.76. The maximum atomic E-state index is 7.31. The predicted octanol–water partition coefficient (Wildman–Crippen LogP) is 8.97. The van der Waals surface area contributed by atoms with Gasteiger partial charge in [0.1, 0.15) is 42.7 Å². The minimum absolute atomic E-state index is 0.115. The molecule has 3 aliphatic rings. The molecule has 1 unspecified atom stereocenters. The molecule has 0 amide bonds. The number of ether oxygens (including phenoxy) is 11. The Kier molecular flexibility index (Phi) is 16.1. The Morgan fingerprint density at radius 2 is 0.742 bits per heavy atom. The molecule has 3 heterocycles. The van der Waals surface area contributed by atoms with Gasteiger partial charge in [-0.3, -0.25) is 0 Å². The van der Waals surface area contributed by atoms with E-state index in [1.807, 2.05) is 182 Å². The van der Waals surface area contributed by atoms with Crippen LogP contribution in [0.4, 0.5) is 0 Å². The van der Waals surface area contributed by atoms with Crippen molar-refractivity contribution in [2.45, 2.75) is 101 Å². The number of hydrogen-bond acceptors (Lipinski definition) is 11. The molecule has 0 aromatic heterocycles. The standard InChI is InChI=1S/C55H58O11/c1-56-54-52(61-36-44-28-16-6-17-29-44)50-49(46(63-54)38-57-32-40-20-8-2-9-21-40)65-55(66-50)53(62-37-45-30-18-7-19-31-45)51(60-35-43-26-14-5-15-27-43)48(59-34-42-24-12-4-13-25-42)47(64-55)39-58-33-41-22-10-3-11-23-41/h2-31,46-54H,32-39H2,1H3/t46-,47-,48-,49+,50+,51+,52-,53+,54+,55?/m1/s1. The van der Waals surface area contributed by atoms with E-state index in [4.69, 9.17) is 52.1 Å². The van der Waals surface area contributed by atoms with E-state index in [1.165, 1.54) is 0 Å². The number of methoxy groups -OCH3 is 1. The van der Waals surface area contributed by atoms with Gasteiger partial charge in [-0.25, -0.2) is 0 Å². The molecule has 66 heavy (non-hydrogen) atoms. The molecule has 10 atom stereocenters. The van der Waals surface area contributed by atoms with Crippen LogP contribution in [-0.4, -0.2) is 81.4 Å². The van der Waals surface area contributed by atoms with Crippen molar-refractivity contribution in [3.63, 3.8) is 0 Å². The molecule has 9 rings (SSSR count). The number of benzene rings is 6. The Morgan fingerprint density at radius 1 is 0.379 bits per heavy atom. The fraction of sp³-hybridized carbons (Fsp3) is 0.345. The van der Waals surface area contributed by atoms with E-state index in [-0.39, 0.29) is 39.6 Å². The number of hydrogen-bond donors (Lipinski definition) is 0. The van der Waals surface area contributed by atoms with Gasteiger partial charge in [0.2, 0.25) is 0 Å². The monoisotopic (exact) mass is 894 g/mol. The van der Waals surface area contributed by atoms with E-state index in [1.54, 1.807) is 7.11 Å². The molecule has 11 nitrogen and oxygen atoms in total. The predicted molar refractivity (Wildman–Crippen MR) is 245 cm³/mol. The lowest BCUT2D eigenvalue weighted by Gasteiger charge is -2.49. The Labute approximate surface area is 387 Å². The molecule has 3 saturated heterocycles. The van der Waals surface area contributed by atoms with Gasteiger partial charge in [-0.15, -0.1) is 0 Å². The zero-order valence-corrected chi connectivity index (χ0v) is 37.2.